The van der Waals surface area contributed by atoms with E-state index in [1.54, 1.807) is 0 Å². The van der Waals surface area contributed by atoms with Crippen LogP contribution in [0, 0.1) is 0 Å². The van der Waals surface area contributed by atoms with Gasteiger partial charge in [-0.3, -0.25) is 4.79 Å². The fraction of sp³-hybridized carbons (Fsp3) is 0.973. The molecule has 0 bridgehead atoms. The molecule has 0 aromatic rings. The molecule has 4 nitrogen and oxygen atoms in total. The molecule has 1 heterocycles. The Kier molecular flexibility index (Phi) is 23.2. The lowest BCUT2D eigenvalue weighted by Gasteiger charge is -2.44. The maximum atomic E-state index is 13.5. The van der Waals surface area contributed by atoms with Crippen molar-refractivity contribution in [3.8, 4) is 0 Å². The molecule has 4 heteroatoms. The van der Waals surface area contributed by atoms with E-state index in [4.69, 9.17) is 0 Å². The van der Waals surface area contributed by atoms with E-state index in [-0.39, 0.29) is 0 Å². The molecule has 1 aliphatic rings. The van der Waals surface area contributed by atoms with Crippen molar-refractivity contribution in [1.29, 1.82) is 0 Å². The molecule has 1 amide bonds. The lowest BCUT2D eigenvalue weighted by atomic mass is 10.0. The largest absolute Gasteiger partial charge is 0.338 e. The zero-order chi connectivity index (χ0) is 30.1. The highest BCUT2D eigenvalue weighted by atomic mass is 16.2. The Morgan fingerprint density at radius 2 is 0.756 bits per heavy atom. The summed E-state index contributed by atoms with van der Waals surface area (Å²) in [6.45, 7) is 11.9. The Hall–Kier alpha value is -0.610. The number of hydrogen-bond acceptors (Lipinski definition) is 1. The van der Waals surface area contributed by atoms with Gasteiger partial charge in [-0.25, -0.2) is 0 Å². The summed E-state index contributed by atoms with van der Waals surface area (Å²) in [5.41, 5.74) is 0. The molecule has 0 aliphatic carbocycles. The summed E-state index contributed by atoms with van der Waals surface area (Å²) < 4.78 is 2.04. The fourth-order valence-corrected chi connectivity index (χ4v) is 6.48. The number of rotatable bonds is 28. The van der Waals surface area contributed by atoms with Gasteiger partial charge in [0.25, 0.3) is 5.91 Å². The van der Waals surface area contributed by atoms with E-state index in [0.29, 0.717) is 12.5 Å². The monoisotopic (exact) mass is 580 g/mol. The Balaban J connectivity index is 2.28. The van der Waals surface area contributed by atoms with E-state index in [1.165, 1.54) is 167 Å². The molecule has 0 unspecified atom stereocenters. The Labute approximate surface area is 259 Å². The zero-order valence-corrected chi connectivity index (χ0v) is 29.2. The van der Waals surface area contributed by atoms with E-state index < -0.39 is 0 Å². The maximum Gasteiger partial charge on any atom is 0.277 e. The summed E-state index contributed by atoms with van der Waals surface area (Å²) in [5, 5.41) is 0. The first-order chi connectivity index (χ1) is 19.8. The molecule has 41 heavy (non-hydrogen) atoms. The molecule has 0 spiro atoms. The van der Waals surface area contributed by atoms with Crippen LogP contribution in [0.5, 0.6) is 0 Å². The minimum atomic E-state index is 0.422. The molecule has 0 radical (unpaired) electrons. The van der Waals surface area contributed by atoms with Crippen molar-refractivity contribution >= 4 is 5.91 Å². The molecule has 0 saturated carbocycles. The van der Waals surface area contributed by atoms with Gasteiger partial charge in [-0.15, -0.1) is 0 Å². The molecule has 244 valence electrons. The van der Waals surface area contributed by atoms with Crippen LogP contribution in [0.4, 0.5) is 0 Å². The molecule has 0 atom stereocenters. The number of likely N-dealkylation sites (N-methyl/N-ethyl adjacent to an activating group) is 2. The summed E-state index contributed by atoms with van der Waals surface area (Å²) in [5.74, 6) is 0.422. The van der Waals surface area contributed by atoms with E-state index in [1.807, 2.05) is 0 Å². The summed E-state index contributed by atoms with van der Waals surface area (Å²) >= 11 is 0. The van der Waals surface area contributed by atoms with Crippen molar-refractivity contribution in [2.45, 2.75) is 168 Å². The molecule has 1 aliphatic heterocycles. The minimum Gasteiger partial charge on any atom is -0.338 e. The lowest BCUT2D eigenvalue weighted by molar-refractivity contribution is -1.00. The molecular weight excluding hydrogens is 502 g/mol. The second-order valence-electron chi connectivity index (χ2n) is 14.8. The minimum absolute atomic E-state index is 0.422. The average molecular weight is 580 g/mol. The third-order valence-electron chi connectivity index (χ3n) is 9.92. The van der Waals surface area contributed by atoms with Gasteiger partial charge in [0, 0.05) is 13.1 Å². The smallest absolute Gasteiger partial charge is 0.277 e. The topological polar surface area (TPSA) is 20.3 Å². The van der Waals surface area contributed by atoms with Crippen LogP contribution < -0.4 is 0 Å². The van der Waals surface area contributed by atoms with Crippen LogP contribution in [0.2, 0.25) is 0 Å². The van der Waals surface area contributed by atoms with Gasteiger partial charge < -0.3 is 13.9 Å². The summed E-state index contributed by atoms with van der Waals surface area (Å²) in [7, 11) is 6.99. The zero-order valence-electron chi connectivity index (χ0n) is 29.2. The van der Waals surface area contributed by atoms with Crippen LogP contribution in [0.1, 0.15) is 168 Å². The normalized spacial score (nSPS) is 16.2. The van der Waals surface area contributed by atoms with Gasteiger partial charge in [-0.05, 0) is 12.8 Å². The summed E-state index contributed by atoms with van der Waals surface area (Å²) in [4.78, 5) is 15.8. The van der Waals surface area contributed by atoms with Crippen LogP contribution >= 0.6 is 0 Å². The highest BCUT2D eigenvalue weighted by molar-refractivity contribution is 5.77. The second-order valence-corrected chi connectivity index (χ2v) is 14.8. The highest BCUT2D eigenvalue weighted by Crippen LogP contribution is 2.17. The van der Waals surface area contributed by atoms with Crippen molar-refractivity contribution < 1.29 is 13.8 Å². The number of carbonyl (C=O) groups is 1. The number of nitrogens with zero attached hydrogens (tertiary/aromatic N) is 3. The van der Waals surface area contributed by atoms with Crippen LogP contribution in [0.3, 0.4) is 0 Å². The molecule has 1 fully saturated rings. The van der Waals surface area contributed by atoms with Crippen molar-refractivity contribution in [3.05, 3.63) is 0 Å². The van der Waals surface area contributed by atoms with Gasteiger partial charge in [0.2, 0.25) is 0 Å². The Bertz CT molecular complexity index is 567. The highest BCUT2D eigenvalue weighted by Gasteiger charge is 2.36. The number of hydrogen-bond donors (Lipinski definition) is 0. The van der Waals surface area contributed by atoms with Crippen molar-refractivity contribution in [1.82, 2.24) is 4.90 Å². The van der Waals surface area contributed by atoms with Gasteiger partial charge in [0.1, 0.15) is 26.2 Å². The molecule has 0 N–H and O–H groups in total. The third kappa shape index (κ3) is 21.7. The van der Waals surface area contributed by atoms with Crippen LogP contribution in [-0.4, -0.2) is 86.7 Å². The SMILES string of the molecule is CCCCCCCCCCCCCCN(CCCCCCCCCCCCCC)C(=O)C[N+]1(C)CC[N+](C)(C)CC1. The van der Waals surface area contributed by atoms with E-state index in [9.17, 15) is 4.79 Å². The van der Waals surface area contributed by atoms with Gasteiger partial charge in [-0.1, -0.05) is 155 Å². The Morgan fingerprint density at radius 3 is 1.07 bits per heavy atom. The van der Waals surface area contributed by atoms with Crippen LogP contribution in [-0.2, 0) is 4.79 Å². The molecule has 0 aromatic heterocycles. The summed E-state index contributed by atoms with van der Waals surface area (Å²) in [6, 6.07) is 0. The number of piperazine rings is 1. The molecular formula is C37H77N3O+2. The van der Waals surface area contributed by atoms with Crippen molar-refractivity contribution in [2.75, 3.05) is 67.0 Å². The molecule has 1 saturated heterocycles. The van der Waals surface area contributed by atoms with Crippen LogP contribution in [0.25, 0.3) is 0 Å². The first kappa shape index (κ1) is 38.4. The van der Waals surface area contributed by atoms with E-state index in [0.717, 1.165) is 35.1 Å². The first-order valence-corrected chi connectivity index (χ1v) is 18.8. The molecule has 1 rings (SSSR count). The van der Waals surface area contributed by atoms with Crippen molar-refractivity contribution in [3.63, 3.8) is 0 Å². The number of quaternary nitrogens is 2. The predicted octanol–water partition coefficient (Wildman–Crippen LogP) is 9.75. The third-order valence-corrected chi connectivity index (χ3v) is 9.92. The summed E-state index contributed by atoms with van der Waals surface area (Å²) in [6.07, 6.45) is 33.0. The number of carbonyl (C=O) groups excluding carboxylic acids is 1. The van der Waals surface area contributed by atoms with Gasteiger partial charge in [0.05, 0.1) is 21.1 Å². The maximum absolute atomic E-state index is 13.5. The first-order valence-electron chi connectivity index (χ1n) is 18.8. The number of unbranched alkanes of at least 4 members (excludes halogenated alkanes) is 22. The van der Waals surface area contributed by atoms with E-state index in [2.05, 4.69) is 39.9 Å². The lowest BCUT2D eigenvalue weighted by Crippen LogP contribution is -2.64. The average Bonchev–Trinajstić information content (AvgIpc) is 2.95. The fourth-order valence-electron chi connectivity index (χ4n) is 6.48. The standard InChI is InChI=1S/C37H77N3O/c1-6-8-10-12-14-16-18-20-22-24-26-28-30-38(37(41)36-40(5)34-32-39(3,4)33-35-40)31-29-27-25-23-21-19-17-15-13-11-9-7-2/h6-36H2,1-5H3/q+2. The molecule has 0 aromatic carbocycles. The van der Waals surface area contributed by atoms with Crippen LogP contribution in [0.15, 0.2) is 0 Å². The van der Waals surface area contributed by atoms with Gasteiger partial charge in [-0.2, -0.15) is 0 Å². The van der Waals surface area contributed by atoms with Gasteiger partial charge in [0.15, 0.2) is 6.54 Å². The van der Waals surface area contributed by atoms with Gasteiger partial charge >= 0.3 is 0 Å². The quantitative estimate of drug-likeness (QED) is 0.0667. The second kappa shape index (κ2) is 24.8. The van der Waals surface area contributed by atoms with Crippen molar-refractivity contribution in [2.24, 2.45) is 0 Å². The predicted molar refractivity (Wildman–Crippen MR) is 181 cm³/mol. The van der Waals surface area contributed by atoms with E-state index >= 15 is 0 Å². The Morgan fingerprint density at radius 1 is 0.463 bits per heavy atom. The number of amides is 1.